The summed E-state index contributed by atoms with van der Waals surface area (Å²) in [5.74, 6) is -0.976. The molecule has 28 heavy (non-hydrogen) atoms. The van der Waals surface area contributed by atoms with E-state index in [1.807, 2.05) is 24.3 Å². The van der Waals surface area contributed by atoms with Crippen LogP contribution in [0.5, 0.6) is 0 Å². The predicted molar refractivity (Wildman–Crippen MR) is 101 cm³/mol. The Labute approximate surface area is 161 Å². The zero-order chi connectivity index (χ0) is 19.4. The van der Waals surface area contributed by atoms with Crippen LogP contribution in [0.2, 0.25) is 0 Å². The summed E-state index contributed by atoms with van der Waals surface area (Å²) in [6.45, 7) is 0.0750. The van der Waals surface area contributed by atoms with Crippen LogP contribution in [0.4, 0.5) is 0 Å². The summed E-state index contributed by atoms with van der Waals surface area (Å²) in [4.78, 5) is 37.2. The molecule has 0 spiro atoms. The second-order valence-electron chi connectivity index (χ2n) is 7.54. The number of rotatable bonds is 4. The van der Waals surface area contributed by atoms with E-state index in [-0.39, 0.29) is 48.0 Å². The van der Waals surface area contributed by atoms with Gasteiger partial charge in [-0.3, -0.25) is 14.4 Å². The summed E-state index contributed by atoms with van der Waals surface area (Å²) in [6.07, 6.45) is 8.32. The van der Waals surface area contributed by atoms with Crippen LogP contribution in [0.25, 0.3) is 10.9 Å². The molecule has 1 aromatic carbocycles. The normalized spacial score (nSPS) is 28.1. The van der Waals surface area contributed by atoms with E-state index < -0.39 is 0 Å². The molecule has 2 amide bonds. The average Bonchev–Trinajstić information content (AvgIpc) is 3.45. The molecular formula is C21H19N3O4. The average molecular weight is 377 g/mol. The minimum atomic E-state index is -0.357. The van der Waals surface area contributed by atoms with Crippen molar-refractivity contribution in [2.45, 2.75) is 13.0 Å². The lowest BCUT2D eigenvalue weighted by Gasteiger charge is -2.13. The number of hydrogen-bond donors (Lipinski definition) is 0. The van der Waals surface area contributed by atoms with Gasteiger partial charge < -0.3 is 9.30 Å². The maximum absolute atomic E-state index is 12.8. The maximum Gasteiger partial charge on any atom is 0.325 e. The van der Waals surface area contributed by atoms with Gasteiger partial charge in [0.25, 0.3) is 11.8 Å². The van der Waals surface area contributed by atoms with Crippen molar-refractivity contribution in [2.24, 2.45) is 28.8 Å². The predicted octanol–water partition coefficient (Wildman–Crippen LogP) is 1.96. The SMILES string of the molecule is COC(=O)Cn1cc(C=NN2C(=O)[C@@H]3[C@H](C2=O)[C@H]2C=C[C@H]3C2)c2ccccc21. The van der Waals surface area contributed by atoms with Crippen molar-refractivity contribution in [1.82, 2.24) is 9.58 Å². The van der Waals surface area contributed by atoms with Gasteiger partial charge >= 0.3 is 5.97 Å². The van der Waals surface area contributed by atoms with Gasteiger partial charge in [-0.1, -0.05) is 30.4 Å². The fraction of sp³-hybridized carbons (Fsp3) is 0.333. The molecule has 4 atom stereocenters. The fourth-order valence-corrected chi connectivity index (χ4v) is 4.83. The molecule has 142 valence electrons. The quantitative estimate of drug-likeness (QED) is 0.353. The maximum atomic E-state index is 12.8. The first kappa shape index (κ1) is 16.9. The number of nitrogens with zero attached hydrogens (tertiary/aromatic N) is 3. The lowest BCUT2D eigenvalue weighted by Crippen LogP contribution is -2.28. The second kappa shape index (κ2) is 6.15. The molecule has 0 N–H and O–H groups in total. The molecule has 2 heterocycles. The third kappa shape index (κ3) is 2.35. The fourth-order valence-electron chi connectivity index (χ4n) is 4.83. The number of methoxy groups -OCH3 is 1. The highest BCUT2D eigenvalue weighted by Gasteiger charge is 2.59. The van der Waals surface area contributed by atoms with Crippen molar-refractivity contribution < 1.29 is 19.1 Å². The first-order valence-electron chi connectivity index (χ1n) is 9.33. The number of amides is 2. The van der Waals surface area contributed by atoms with Crippen molar-refractivity contribution >= 4 is 34.9 Å². The van der Waals surface area contributed by atoms with Crippen LogP contribution < -0.4 is 0 Å². The number of para-hydroxylation sites is 1. The zero-order valence-electron chi connectivity index (χ0n) is 15.3. The van der Waals surface area contributed by atoms with Crippen LogP contribution >= 0.6 is 0 Å². The molecule has 7 heteroatoms. The Morgan fingerprint density at radius 2 is 1.86 bits per heavy atom. The summed E-state index contributed by atoms with van der Waals surface area (Å²) in [5, 5.41) is 6.17. The Bertz CT molecular complexity index is 1040. The highest BCUT2D eigenvalue weighted by atomic mass is 16.5. The van der Waals surface area contributed by atoms with Crippen molar-refractivity contribution in [3.63, 3.8) is 0 Å². The van der Waals surface area contributed by atoms with E-state index in [0.717, 1.165) is 27.9 Å². The van der Waals surface area contributed by atoms with Crippen molar-refractivity contribution in [3.05, 3.63) is 48.2 Å². The molecule has 1 aromatic heterocycles. The van der Waals surface area contributed by atoms with Crippen LogP contribution in [0, 0.1) is 23.7 Å². The van der Waals surface area contributed by atoms with Gasteiger partial charge in [0.1, 0.15) is 6.54 Å². The number of carbonyl (C=O) groups excluding carboxylic acids is 3. The molecule has 2 aliphatic carbocycles. The van der Waals surface area contributed by atoms with E-state index in [0.29, 0.717) is 0 Å². The van der Waals surface area contributed by atoms with Crippen molar-refractivity contribution in [2.75, 3.05) is 7.11 Å². The molecule has 3 aliphatic rings. The summed E-state index contributed by atoms with van der Waals surface area (Å²) in [7, 11) is 1.35. The Kier molecular flexibility index (Phi) is 3.72. The van der Waals surface area contributed by atoms with Crippen LogP contribution in [0.15, 0.2) is 47.7 Å². The van der Waals surface area contributed by atoms with Crippen LogP contribution in [0.1, 0.15) is 12.0 Å². The van der Waals surface area contributed by atoms with E-state index in [1.165, 1.54) is 13.3 Å². The highest BCUT2D eigenvalue weighted by Crippen LogP contribution is 2.52. The number of carbonyl (C=O) groups is 3. The Balaban J connectivity index is 1.46. The summed E-state index contributed by atoms with van der Waals surface area (Å²) in [5.41, 5.74) is 1.59. The van der Waals surface area contributed by atoms with E-state index >= 15 is 0 Å². The zero-order valence-corrected chi connectivity index (χ0v) is 15.3. The largest absolute Gasteiger partial charge is 0.468 e. The molecular weight excluding hydrogens is 358 g/mol. The molecule has 7 nitrogen and oxygen atoms in total. The lowest BCUT2D eigenvalue weighted by atomic mass is 9.85. The number of ether oxygens (including phenoxy) is 1. The highest BCUT2D eigenvalue weighted by molar-refractivity contribution is 6.07. The Morgan fingerprint density at radius 3 is 2.54 bits per heavy atom. The Hall–Kier alpha value is -3.22. The van der Waals surface area contributed by atoms with Crippen molar-refractivity contribution in [3.8, 4) is 0 Å². The van der Waals surface area contributed by atoms with Gasteiger partial charge in [-0.15, -0.1) is 0 Å². The van der Waals surface area contributed by atoms with Gasteiger partial charge in [0.15, 0.2) is 0 Å². The van der Waals surface area contributed by atoms with Crippen molar-refractivity contribution in [1.29, 1.82) is 0 Å². The number of hydrogen-bond acceptors (Lipinski definition) is 5. The molecule has 1 saturated carbocycles. The number of allylic oxidation sites excluding steroid dienone is 2. The summed E-state index contributed by atoms with van der Waals surface area (Å²) < 4.78 is 6.53. The first-order valence-corrected chi connectivity index (χ1v) is 9.33. The minimum Gasteiger partial charge on any atom is -0.468 e. The molecule has 2 bridgehead atoms. The van der Waals surface area contributed by atoms with Crippen LogP contribution in [0.3, 0.4) is 0 Å². The number of imide groups is 1. The van der Waals surface area contributed by atoms with Gasteiger partial charge in [0.2, 0.25) is 0 Å². The molecule has 0 radical (unpaired) electrons. The molecule has 2 fully saturated rings. The second-order valence-corrected chi connectivity index (χ2v) is 7.54. The smallest absolute Gasteiger partial charge is 0.325 e. The van der Waals surface area contributed by atoms with Gasteiger partial charge in [-0.25, -0.2) is 0 Å². The molecule has 2 aromatic rings. The minimum absolute atomic E-state index is 0.0750. The standard InChI is InChI=1S/C21H19N3O4/c1-28-17(25)11-23-10-14(15-4-2-3-5-16(15)23)9-22-24-20(26)18-12-6-7-13(8-12)19(18)21(24)27/h2-7,9-10,12-13,18-19H,8,11H2,1H3/t12-,13-,18-,19+/m0/s1. The molecule has 1 aliphatic heterocycles. The van der Waals surface area contributed by atoms with Crippen LogP contribution in [-0.2, 0) is 25.7 Å². The monoisotopic (exact) mass is 377 g/mol. The summed E-state index contributed by atoms with van der Waals surface area (Å²) >= 11 is 0. The van der Waals surface area contributed by atoms with Gasteiger partial charge in [0, 0.05) is 22.7 Å². The number of esters is 1. The lowest BCUT2D eigenvalue weighted by molar-refractivity contribution is -0.142. The Morgan fingerprint density at radius 1 is 1.18 bits per heavy atom. The molecule has 1 saturated heterocycles. The number of aromatic nitrogens is 1. The first-order chi connectivity index (χ1) is 13.6. The number of fused-ring (bicyclic) bond motifs is 6. The molecule has 0 unspecified atom stereocenters. The number of hydrazone groups is 1. The number of benzene rings is 1. The topological polar surface area (TPSA) is 81.0 Å². The third-order valence-electron chi connectivity index (χ3n) is 6.11. The summed E-state index contributed by atoms with van der Waals surface area (Å²) in [6, 6.07) is 7.59. The van der Waals surface area contributed by atoms with Gasteiger partial charge in [-0.05, 0) is 24.3 Å². The molecule has 5 rings (SSSR count). The van der Waals surface area contributed by atoms with Gasteiger partial charge in [-0.2, -0.15) is 10.1 Å². The third-order valence-corrected chi connectivity index (χ3v) is 6.11. The van der Waals surface area contributed by atoms with E-state index in [2.05, 4.69) is 17.3 Å². The van der Waals surface area contributed by atoms with E-state index in [1.54, 1.807) is 10.8 Å². The van der Waals surface area contributed by atoms with E-state index in [9.17, 15) is 14.4 Å². The van der Waals surface area contributed by atoms with Gasteiger partial charge in [0.05, 0.1) is 25.2 Å². The van der Waals surface area contributed by atoms with Crippen LogP contribution in [-0.4, -0.2) is 40.7 Å². The van der Waals surface area contributed by atoms with E-state index in [4.69, 9.17) is 4.74 Å².